The summed E-state index contributed by atoms with van der Waals surface area (Å²) in [5, 5.41) is 8.59. The third kappa shape index (κ3) is 1.91. The second kappa shape index (κ2) is 3.24. The Balaban J connectivity index is 3.36. The summed E-state index contributed by atoms with van der Waals surface area (Å²) in [6.45, 7) is 0. The molecule has 0 aliphatic carbocycles. The molecule has 12 heavy (non-hydrogen) atoms. The number of hydrogen-bond acceptors (Lipinski definition) is 4. The van der Waals surface area contributed by atoms with Crippen molar-refractivity contribution in [1.82, 2.24) is 15.4 Å². The zero-order valence-electron chi connectivity index (χ0n) is 5.35. The van der Waals surface area contributed by atoms with E-state index < -0.39 is 13.0 Å². The molecule has 0 spiro atoms. The quantitative estimate of drug-likeness (QED) is 0.658. The maximum absolute atomic E-state index is 10.6. The molecule has 6 nitrogen and oxygen atoms in total. The van der Waals surface area contributed by atoms with Crippen LogP contribution in [0.15, 0.2) is 0 Å². The topological polar surface area (TPSA) is 96.2 Å². The predicted octanol–water partition coefficient (Wildman–Crippen LogP) is -0.0186. The highest BCUT2D eigenvalue weighted by Gasteiger charge is 2.25. The summed E-state index contributed by atoms with van der Waals surface area (Å²) in [6.07, 6.45) is 0. The fourth-order valence-electron chi connectivity index (χ4n) is 0.470. The minimum absolute atomic E-state index is 0.287. The summed E-state index contributed by atoms with van der Waals surface area (Å²) in [5.74, 6) is 0. The van der Waals surface area contributed by atoms with Gasteiger partial charge in [-0.2, -0.15) is 0 Å². The molecule has 0 fully saturated rings. The molecular weight excluding hydrogens is 228 g/mol. The Morgan fingerprint density at radius 3 is 2.25 bits per heavy atom. The first-order valence-electron chi connectivity index (χ1n) is 2.53. The third-order valence-electron chi connectivity index (χ3n) is 0.925. The normalized spacial score (nSPS) is 11.7. The second-order valence-electron chi connectivity index (χ2n) is 1.76. The van der Waals surface area contributed by atoms with Crippen LogP contribution in [0.3, 0.4) is 0 Å². The number of rotatable bonds is 1. The van der Waals surface area contributed by atoms with Crippen LogP contribution >= 0.6 is 30.8 Å². The molecule has 0 atom stereocenters. The summed E-state index contributed by atoms with van der Waals surface area (Å²) in [7, 11) is -4.51. The lowest BCUT2D eigenvalue weighted by molar-refractivity contribution is 0.385. The van der Waals surface area contributed by atoms with E-state index in [4.69, 9.17) is 33.0 Å². The van der Waals surface area contributed by atoms with E-state index in [0.717, 1.165) is 0 Å². The molecule has 0 amide bonds. The molecule has 0 saturated carbocycles. The third-order valence-corrected chi connectivity index (χ3v) is 2.64. The molecular formula is C3H2Cl2N3O3P. The average molecular weight is 230 g/mol. The van der Waals surface area contributed by atoms with Gasteiger partial charge in [-0.25, -0.2) is 0 Å². The van der Waals surface area contributed by atoms with Crippen LogP contribution < -0.4 is 5.44 Å². The molecule has 2 N–H and O–H groups in total. The lowest BCUT2D eigenvalue weighted by Gasteiger charge is -2.02. The smallest absolute Gasteiger partial charge is 0.320 e. The van der Waals surface area contributed by atoms with Gasteiger partial charge in [-0.05, 0) is 5.21 Å². The minimum atomic E-state index is -4.51. The molecule has 0 aromatic carbocycles. The van der Waals surface area contributed by atoms with Crippen molar-refractivity contribution in [1.29, 1.82) is 0 Å². The van der Waals surface area contributed by atoms with E-state index >= 15 is 0 Å². The van der Waals surface area contributed by atoms with Crippen molar-refractivity contribution in [2.24, 2.45) is 0 Å². The van der Waals surface area contributed by atoms with Crippen LogP contribution in [-0.4, -0.2) is 25.2 Å². The van der Waals surface area contributed by atoms with Crippen LogP contribution in [0.5, 0.6) is 0 Å². The maximum atomic E-state index is 10.6. The van der Waals surface area contributed by atoms with E-state index in [-0.39, 0.29) is 10.2 Å². The first-order valence-corrected chi connectivity index (χ1v) is 4.90. The van der Waals surface area contributed by atoms with Crippen molar-refractivity contribution >= 4 is 36.2 Å². The van der Waals surface area contributed by atoms with E-state index in [1.54, 1.807) is 0 Å². The molecule has 0 aliphatic rings. The van der Waals surface area contributed by atoms with E-state index in [1.165, 1.54) is 0 Å². The Kier molecular flexibility index (Phi) is 2.65. The monoisotopic (exact) mass is 229 g/mol. The highest BCUT2D eigenvalue weighted by molar-refractivity contribution is 7.60. The average Bonchev–Trinajstić information content (AvgIpc) is 1.92. The van der Waals surface area contributed by atoms with Crippen LogP contribution in [-0.2, 0) is 4.57 Å². The van der Waals surface area contributed by atoms with Gasteiger partial charge in [0.05, 0.1) is 0 Å². The highest BCUT2D eigenvalue weighted by Crippen LogP contribution is 2.36. The Labute approximate surface area is 76.7 Å². The zero-order chi connectivity index (χ0) is 9.35. The van der Waals surface area contributed by atoms with E-state index in [0.29, 0.717) is 0 Å². The molecule has 0 aliphatic heterocycles. The Hall–Kier alpha value is -0.260. The van der Waals surface area contributed by atoms with Crippen LogP contribution in [0.1, 0.15) is 0 Å². The fourth-order valence-corrected chi connectivity index (χ4v) is 1.58. The van der Waals surface area contributed by atoms with Gasteiger partial charge in [0.2, 0.25) is 0 Å². The van der Waals surface area contributed by atoms with E-state index in [9.17, 15) is 4.57 Å². The van der Waals surface area contributed by atoms with Crippen molar-refractivity contribution in [2.45, 2.75) is 0 Å². The molecule has 0 bridgehead atoms. The van der Waals surface area contributed by atoms with Crippen molar-refractivity contribution in [3.8, 4) is 0 Å². The zero-order valence-corrected chi connectivity index (χ0v) is 7.75. The van der Waals surface area contributed by atoms with E-state index in [2.05, 4.69) is 15.4 Å². The maximum Gasteiger partial charge on any atom is 0.378 e. The molecule has 0 radical (unpaired) electrons. The minimum Gasteiger partial charge on any atom is -0.320 e. The van der Waals surface area contributed by atoms with Gasteiger partial charge < -0.3 is 9.79 Å². The van der Waals surface area contributed by atoms with Crippen LogP contribution in [0, 0.1) is 0 Å². The summed E-state index contributed by atoms with van der Waals surface area (Å²) < 4.78 is 10.6. The SMILES string of the molecule is O=P(O)(O)c1nnnc(Cl)c1Cl. The van der Waals surface area contributed by atoms with Gasteiger partial charge in [0.15, 0.2) is 10.6 Å². The standard InChI is InChI=1S/C3H2Cl2N3O3P/c4-1-2(5)6-8-7-3(1)12(9,10)11/h(H2,9,10,11). The largest absolute Gasteiger partial charge is 0.378 e. The lowest BCUT2D eigenvalue weighted by Crippen LogP contribution is -2.14. The van der Waals surface area contributed by atoms with Crippen LogP contribution in [0.4, 0.5) is 0 Å². The molecule has 1 heterocycles. The second-order valence-corrected chi connectivity index (χ2v) is 4.01. The van der Waals surface area contributed by atoms with Crippen molar-refractivity contribution in [2.75, 3.05) is 0 Å². The molecule has 1 rings (SSSR count). The molecule has 1 aromatic heterocycles. The molecule has 0 unspecified atom stereocenters. The van der Waals surface area contributed by atoms with Crippen molar-refractivity contribution < 1.29 is 14.4 Å². The van der Waals surface area contributed by atoms with Gasteiger partial charge in [-0.1, -0.05) is 23.2 Å². The predicted molar refractivity (Wildman–Crippen MR) is 41.5 cm³/mol. The summed E-state index contributed by atoms with van der Waals surface area (Å²) in [6, 6.07) is 0. The van der Waals surface area contributed by atoms with Gasteiger partial charge >= 0.3 is 7.60 Å². The van der Waals surface area contributed by atoms with Gasteiger partial charge in [0.25, 0.3) is 0 Å². The van der Waals surface area contributed by atoms with Crippen molar-refractivity contribution in [3.05, 3.63) is 10.2 Å². The Morgan fingerprint density at radius 2 is 1.83 bits per heavy atom. The van der Waals surface area contributed by atoms with Gasteiger partial charge in [0.1, 0.15) is 5.02 Å². The summed E-state index contributed by atoms with van der Waals surface area (Å²) in [4.78, 5) is 17.3. The van der Waals surface area contributed by atoms with Crippen molar-refractivity contribution in [3.63, 3.8) is 0 Å². The van der Waals surface area contributed by atoms with Gasteiger partial charge in [0, 0.05) is 0 Å². The number of halogens is 2. The molecule has 0 saturated heterocycles. The fraction of sp³-hybridized carbons (Fsp3) is 0. The van der Waals surface area contributed by atoms with Gasteiger partial charge in [-0.15, -0.1) is 10.2 Å². The summed E-state index contributed by atoms with van der Waals surface area (Å²) >= 11 is 10.7. The molecule has 66 valence electrons. The Morgan fingerprint density at radius 1 is 1.25 bits per heavy atom. The van der Waals surface area contributed by atoms with Gasteiger partial charge in [-0.3, -0.25) is 4.57 Å². The Bertz CT molecular complexity index is 353. The van der Waals surface area contributed by atoms with Crippen LogP contribution in [0.25, 0.3) is 0 Å². The highest BCUT2D eigenvalue weighted by atomic mass is 35.5. The number of hydrogen-bond donors (Lipinski definition) is 2. The first-order chi connectivity index (χ1) is 5.43. The summed E-state index contributed by atoms with van der Waals surface area (Å²) in [5.41, 5.74) is -0.663. The molecule has 1 aromatic rings. The number of nitrogens with zero attached hydrogens (tertiary/aromatic N) is 3. The first kappa shape index (κ1) is 9.83. The van der Waals surface area contributed by atoms with Crippen LogP contribution in [0.2, 0.25) is 10.2 Å². The van der Waals surface area contributed by atoms with E-state index in [1.807, 2.05) is 0 Å². The lowest BCUT2D eigenvalue weighted by atomic mass is 10.7. The number of aromatic nitrogens is 3. The molecule has 9 heteroatoms.